The lowest BCUT2D eigenvalue weighted by Gasteiger charge is -2.34. The van der Waals surface area contributed by atoms with Crippen molar-refractivity contribution in [2.45, 2.75) is 37.1 Å². The average Bonchev–Trinajstić information content (AvgIpc) is 3.07. The third-order valence-electron chi connectivity index (χ3n) is 5.21. The van der Waals surface area contributed by atoms with Gasteiger partial charge >= 0.3 is 0 Å². The van der Waals surface area contributed by atoms with E-state index in [0.29, 0.717) is 36.9 Å². The highest BCUT2D eigenvalue weighted by molar-refractivity contribution is 7.89. The van der Waals surface area contributed by atoms with Crippen molar-refractivity contribution in [3.05, 3.63) is 29.8 Å². The van der Waals surface area contributed by atoms with Crippen molar-refractivity contribution in [2.75, 3.05) is 33.4 Å². The van der Waals surface area contributed by atoms with E-state index in [-0.39, 0.29) is 12.5 Å². The molecule has 1 aromatic carbocycles. The molecule has 3 rings (SSSR count). The molecule has 6 nitrogen and oxygen atoms in total. The van der Waals surface area contributed by atoms with Gasteiger partial charge in [-0.15, -0.1) is 0 Å². The molecule has 2 aliphatic heterocycles. The predicted molar refractivity (Wildman–Crippen MR) is 94.5 cm³/mol. The van der Waals surface area contributed by atoms with E-state index in [0.717, 1.165) is 12.0 Å². The Labute approximate surface area is 149 Å². The van der Waals surface area contributed by atoms with Crippen LogP contribution in [0.25, 0.3) is 0 Å². The van der Waals surface area contributed by atoms with E-state index in [4.69, 9.17) is 4.74 Å². The molecule has 0 saturated carbocycles. The molecule has 0 aromatic heterocycles. The lowest BCUT2D eigenvalue weighted by molar-refractivity contribution is -0.134. The highest BCUT2D eigenvalue weighted by Crippen LogP contribution is 2.49. The first-order valence-electron chi connectivity index (χ1n) is 8.72. The Hall–Kier alpha value is -1.44. The van der Waals surface area contributed by atoms with Crippen molar-refractivity contribution in [1.82, 2.24) is 9.21 Å². The predicted octanol–water partition coefficient (Wildman–Crippen LogP) is 1.81. The average molecular weight is 366 g/mol. The maximum atomic E-state index is 13.2. The molecule has 7 heteroatoms. The smallest absolute Gasteiger partial charge is 0.248 e. The van der Waals surface area contributed by atoms with Crippen molar-refractivity contribution in [3.8, 4) is 0 Å². The van der Waals surface area contributed by atoms with Crippen LogP contribution in [0.15, 0.2) is 29.2 Å². The van der Waals surface area contributed by atoms with E-state index in [1.165, 1.54) is 7.11 Å². The van der Waals surface area contributed by atoms with Gasteiger partial charge in [0.1, 0.15) is 6.61 Å². The van der Waals surface area contributed by atoms with E-state index in [2.05, 4.69) is 13.8 Å². The van der Waals surface area contributed by atoms with Gasteiger partial charge < -0.3 is 9.64 Å². The van der Waals surface area contributed by atoms with Gasteiger partial charge in [-0.3, -0.25) is 4.79 Å². The zero-order valence-corrected chi connectivity index (χ0v) is 15.9. The van der Waals surface area contributed by atoms with Gasteiger partial charge in [0.2, 0.25) is 15.9 Å². The van der Waals surface area contributed by atoms with Gasteiger partial charge in [0.25, 0.3) is 0 Å². The van der Waals surface area contributed by atoms with E-state index in [9.17, 15) is 13.2 Å². The quantitative estimate of drug-likeness (QED) is 0.797. The summed E-state index contributed by atoms with van der Waals surface area (Å²) in [6.45, 7) is 5.61. The number of hydrogen-bond donors (Lipinski definition) is 0. The number of hydrogen-bond acceptors (Lipinski definition) is 4. The fourth-order valence-corrected chi connectivity index (χ4v) is 5.99. The van der Waals surface area contributed by atoms with Crippen LogP contribution in [-0.4, -0.2) is 56.9 Å². The minimum absolute atomic E-state index is 0.0243. The van der Waals surface area contributed by atoms with Crippen LogP contribution in [0.5, 0.6) is 0 Å². The molecule has 1 spiro atoms. The highest BCUT2D eigenvalue weighted by Gasteiger charge is 2.56. The summed E-state index contributed by atoms with van der Waals surface area (Å²) in [7, 11) is -2.04. The van der Waals surface area contributed by atoms with Crippen LogP contribution in [0.1, 0.15) is 32.3 Å². The minimum atomic E-state index is -3.53. The molecule has 0 aliphatic carbocycles. The van der Waals surface area contributed by atoms with E-state index in [1.807, 2.05) is 12.1 Å². The van der Waals surface area contributed by atoms with Crippen molar-refractivity contribution in [3.63, 3.8) is 0 Å². The summed E-state index contributed by atoms with van der Waals surface area (Å²) in [5.41, 5.74) is 0.180. The maximum Gasteiger partial charge on any atom is 0.248 e. The molecule has 1 aromatic rings. The van der Waals surface area contributed by atoms with Crippen molar-refractivity contribution >= 4 is 15.9 Å². The Bertz CT molecular complexity index is 762. The van der Waals surface area contributed by atoms with Gasteiger partial charge in [0.05, 0.1) is 10.4 Å². The Morgan fingerprint density at radius 3 is 2.72 bits per heavy atom. The first-order valence-corrected chi connectivity index (χ1v) is 10.2. The molecule has 138 valence electrons. The fraction of sp³-hybridized carbons (Fsp3) is 0.611. The lowest BCUT2D eigenvalue weighted by atomic mass is 9.88. The first kappa shape index (κ1) is 18.4. The van der Waals surface area contributed by atoms with E-state index < -0.39 is 15.6 Å². The second kappa shape index (κ2) is 6.70. The lowest BCUT2D eigenvalue weighted by Crippen LogP contribution is -2.47. The molecule has 25 heavy (non-hydrogen) atoms. The van der Waals surface area contributed by atoms with Crippen LogP contribution in [0.3, 0.4) is 0 Å². The molecule has 0 bridgehead atoms. The summed E-state index contributed by atoms with van der Waals surface area (Å²) in [6, 6.07) is 7.22. The summed E-state index contributed by atoms with van der Waals surface area (Å²) in [4.78, 5) is 14.4. The molecule has 2 aliphatic rings. The van der Waals surface area contributed by atoms with Gasteiger partial charge in [-0.2, -0.15) is 4.31 Å². The number of carbonyl (C=O) groups is 1. The SMILES string of the molecule is COCC(=O)N1CC[C@@]2(C1)c1ccccc1S(=O)(=O)N2CCC(C)C. The topological polar surface area (TPSA) is 66.9 Å². The molecular weight excluding hydrogens is 340 g/mol. The second-order valence-electron chi connectivity index (χ2n) is 7.29. The van der Waals surface area contributed by atoms with Crippen LogP contribution in [-0.2, 0) is 25.1 Å². The Kier molecular flexibility index (Phi) is 4.92. The largest absolute Gasteiger partial charge is 0.375 e. The van der Waals surface area contributed by atoms with Crippen LogP contribution >= 0.6 is 0 Å². The summed E-state index contributed by atoms with van der Waals surface area (Å²) < 4.78 is 32.9. The van der Waals surface area contributed by atoms with Crippen LogP contribution in [0.2, 0.25) is 0 Å². The first-order chi connectivity index (χ1) is 11.8. The summed E-state index contributed by atoms with van der Waals surface area (Å²) >= 11 is 0. The molecule has 1 saturated heterocycles. The molecule has 1 atom stereocenters. The molecular formula is C18H26N2O4S. The number of fused-ring (bicyclic) bond motifs is 2. The number of nitrogens with zero attached hydrogens (tertiary/aromatic N) is 2. The number of rotatable bonds is 5. The third kappa shape index (κ3) is 2.98. The summed E-state index contributed by atoms with van der Waals surface area (Å²) in [6.07, 6.45) is 1.41. The van der Waals surface area contributed by atoms with Crippen LogP contribution in [0.4, 0.5) is 0 Å². The fourth-order valence-electron chi connectivity index (χ4n) is 3.91. The number of carbonyl (C=O) groups excluding carboxylic acids is 1. The molecule has 1 amide bonds. The number of methoxy groups -OCH3 is 1. The number of sulfonamides is 1. The Balaban J connectivity index is 2.01. The summed E-state index contributed by atoms with van der Waals surface area (Å²) in [5, 5.41) is 0. The molecule has 0 radical (unpaired) electrons. The zero-order valence-electron chi connectivity index (χ0n) is 15.1. The monoisotopic (exact) mass is 366 g/mol. The Morgan fingerprint density at radius 1 is 1.32 bits per heavy atom. The van der Waals surface area contributed by atoms with Gasteiger partial charge in [0.15, 0.2) is 0 Å². The number of benzene rings is 1. The molecule has 2 heterocycles. The van der Waals surface area contributed by atoms with Crippen LogP contribution in [0, 0.1) is 5.92 Å². The van der Waals surface area contributed by atoms with Gasteiger partial charge in [-0.1, -0.05) is 32.0 Å². The van der Waals surface area contributed by atoms with E-state index in [1.54, 1.807) is 21.3 Å². The summed E-state index contributed by atoms with van der Waals surface area (Å²) in [5.74, 6) is 0.313. The van der Waals surface area contributed by atoms with Gasteiger partial charge in [-0.05, 0) is 30.4 Å². The maximum absolute atomic E-state index is 13.2. The number of likely N-dealkylation sites (tertiary alicyclic amines) is 1. The van der Waals surface area contributed by atoms with Crippen molar-refractivity contribution in [2.24, 2.45) is 5.92 Å². The van der Waals surface area contributed by atoms with Crippen molar-refractivity contribution in [1.29, 1.82) is 0 Å². The number of ether oxygens (including phenoxy) is 1. The number of amides is 1. The molecule has 0 unspecified atom stereocenters. The molecule has 0 N–H and O–H groups in total. The van der Waals surface area contributed by atoms with Gasteiger partial charge in [0, 0.05) is 26.7 Å². The zero-order chi connectivity index (χ0) is 18.2. The second-order valence-corrected chi connectivity index (χ2v) is 9.12. The normalized spacial score (nSPS) is 25.0. The highest BCUT2D eigenvalue weighted by atomic mass is 32.2. The van der Waals surface area contributed by atoms with Crippen molar-refractivity contribution < 1.29 is 17.9 Å². The third-order valence-corrected chi connectivity index (χ3v) is 7.24. The standard InChI is InChI=1S/C18H26N2O4S/c1-14(2)8-10-20-18(9-11-19(13-18)17(21)12-24-3)15-6-4-5-7-16(15)25(20,22)23/h4-7,14H,8-13H2,1-3H3/t18-/m1/s1. The van der Waals surface area contributed by atoms with E-state index >= 15 is 0 Å². The van der Waals surface area contributed by atoms with Crippen LogP contribution < -0.4 is 0 Å². The van der Waals surface area contributed by atoms with Gasteiger partial charge in [-0.25, -0.2) is 8.42 Å². The molecule has 1 fully saturated rings. The minimum Gasteiger partial charge on any atom is -0.375 e. The Morgan fingerprint density at radius 2 is 2.04 bits per heavy atom.